The van der Waals surface area contributed by atoms with Gasteiger partial charge in [0, 0.05) is 37.8 Å². The fourth-order valence-corrected chi connectivity index (χ4v) is 3.30. The lowest BCUT2D eigenvalue weighted by Gasteiger charge is -2.37. The molecule has 0 saturated heterocycles. The van der Waals surface area contributed by atoms with Gasteiger partial charge in [-0.3, -0.25) is 4.79 Å². The Balaban J connectivity index is 2.40. The topological polar surface area (TPSA) is 115 Å². The summed E-state index contributed by atoms with van der Waals surface area (Å²) in [6, 6.07) is 0.981. The lowest BCUT2D eigenvalue weighted by molar-refractivity contribution is 0.0352. The van der Waals surface area contributed by atoms with Gasteiger partial charge in [-0.1, -0.05) is 25.7 Å². The van der Waals surface area contributed by atoms with E-state index in [1.54, 1.807) is 36.8 Å². The van der Waals surface area contributed by atoms with Gasteiger partial charge in [0.05, 0.1) is 19.2 Å². The van der Waals surface area contributed by atoms with Crippen molar-refractivity contribution in [2.75, 3.05) is 33.3 Å². The van der Waals surface area contributed by atoms with E-state index in [1.165, 1.54) is 6.20 Å². The van der Waals surface area contributed by atoms with Gasteiger partial charge >= 0.3 is 6.03 Å². The summed E-state index contributed by atoms with van der Waals surface area (Å²) in [5.41, 5.74) is 0.706. The highest BCUT2D eigenvalue weighted by atomic mass is 16.5. The number of carbonyl (C=O) groups is 2. The van der Waals surface area contributed by atoms with Crippen LogP contribution in [0.1, 0.15) is 50.0 Å². The van der Waals surface area contributed by atoms with Crippen LogP contribution in [-0.4, -0.2) is 88.5 Å². The fraction of sp³-hybridized carbons (Fsp3) is 0.609. The molecule has 1 aromatic heterocycles. The maximum absolute atomic E-state index is 13.3. The first-order valence-corrected chi connectivity index (χ1v) is 10.9. The van der Waals surface area contributed by atoms with Gasteiger partial charge in [-0.15, -0.1) is 0 Å². The van der Waals surface area contributed by atoms with Crippen molar-refractivity contribution in [2.45, 2.75) is 52.4 Å². The number of pyridine rings is 1. The summed E-state index contributed by atoms with van der Waals surface area (Å²) in [5, 5.41) is 22.0. The lowest BCUT2D eigenvalue weighted by atomic mass is 10.00. The van der Waals surface area contributed by atoms with E-state index in [-0.39, 0.29) is 35.9 Å². The van der Waals surface area contributed by atoms with Gasteiger partial charge < -0.3 is 30.1 Å². The van der Waals surface area contributed by atoms with Crippen LogP contribution in [0.2, 0.25) is 0 Å². The number of hydrogen-bond donors (Lipinski definition) is 3. The van der Waals surface area contributed by atoms with E-state index in [0.717, 1.165) is 6.42 Å². The standard InChI is InChI=1S/C23H34N4O5/c1-6-9-24-23(31)26(5)13-20-15(2)12-27(16(3)14-28)22(30)19-10-18(8-7-17(4)29)11-25-21(19)32-20/h10-11,15-17,20,28-29H,6,9,12-14H2,1-5H3,(H,24,31)/t15-,16+,17-,20+/m0/s1. The normalized spacial score (nSPS) is 20.0. The molecule has 3 N–H and O–H groups in total. The quantitative estimate of drug-likeness (QED) is 0.564. The highest BCUT2D eigenvalue weighted by Crippen LogP contribution is 2.27. The Bertz CT molecular complexity index is 864. The molecule has 9 nitrogen and oxygen atoms in total. The second-order valence-electron chi connectivity index (χ2n) is 8.26. The molecule has 0 aliphatic carbocycles. The summed E-state index contributed by atoms with van der Waals surface area (Å²) in [4.78, 5) is 33.1. The third kappa shape index (κ3) is 6.58. The van der Waals surface area contributed by atoms with E-state index >= 15 is 0 Å². The van der Waals surface area contributed by atoms with E-state index in [0.29, 0.717) is 25.2 Å². The van der Waals surface area contributed by atoms with E-state index in [9.17, 15) is 19.8 Å². The monoisotopic (exact) mass is 446 g/mol. The SMILES string of the molecule is CCCNC(=O)N(C)C[C@H]1Oc2ncc(C#C[C@H](C)O)cc2C(=O)N([C@H](C)CO)C[C@@H]1C. The van der Waals surface area contributed by atoms with E-state index < -0.39 is 18.2 Å². The summed E-state index contributed by atoms with van der Waals surface area (Å²) >= 11 is 0. The number of fused-ring (bicyclic) bond motifs is 1. The smallest absolute Gasteiger partial charge is 0.317 e. The first-order valence-electron chi connectivity index (χ1n) is 10.9. The molecule has 1 aliphatic rings. The van der Waals surface area contributed by atoms with Crippen molar-refractivity contribution in [3.8, 4) is 17.7 Å². The zero-order valence-electron chi connectivity index (χ0n) is 19.5. The number of aliphatic hydroxyl groups excluding tert-OH is 2. The van der Waals surface area contributed by atoms with Gasteiger partial charge in [-0.25, -0.2) is 9.78 Å². The Kier molecular flexibility index (Phi) is 9.29. The Morgan fingerprint density at radius 1 is 1.47 bits per heavy atom. The molecule has 0 fully saturated rings. The Morgan fingerprint density at radius 2 is 2.19 bits per heavy atom. The van der Waals surface area contributed by atoms with Crippen LogP contribution in [0.25, 0.3) is 0 Å². The largest absolute Gasteiger partial charge is 0.472 e. The molecule has 1 aromatic rings. The number of nitrogens with one attached hydrogen (secondary N) is 1. The number of amides is 3. The molecule has 176 valence electrons. The Labute approximate surface area is 189 Å². The predicted molar refractivity (Wildman–Crippen MR) is 120 cm³/mol. The number of likely N-dealkylation sites (N-methyl/N-ethyl adjacent to an activating group) is 1. The molecule has 2 heterocycles. The fourth-order valence-electron chi connectivity index (χ4n) is 3.30. The number of ether oxygens (including phenoxy) is 1. The second-order valence-corrected chi connectivity index (χ2v) is 8.26. The molecule has 4 atom stereocenters. The number of nitrogens with zero attached hydrogens (tertiary/aromatic N) is 3. The van der Waals surface area contributed by atoms with Gasteiger partial charge in [0.1, 0.15) is 17.8 Å². The zero-order chi connectivity index (χ0) is 23.8. The van der Waals surface area contributed by atoms with Crippen molar-refractivity contribution in [1.29, 1.82) is 0 Å². The predicted octanol–water partition coefficient (Wildman–Crippen LogP) is 1.09. The molecular weight excluding hydrogens is 412 g/mol. The molecule has 0 spiro atoms. The van der Waals surface area contributed by atoms with Gasteiger partial charge in [-0.05, 0) is 26.3 Å². The molecule has 0 bridgehead atoms. The molecule has 1 aliphatic heterocycles. The average Bonchev–Trinajstić information content (AvgIpc) is 2.77. The number of aromatic nitrogens is 1. The number of carbonyl (C=O) groups excluding carboxylic acids is 2. The third-order valence-corrected chi connectivity index (χ3v) is 5.27. The van der Waals surface area contributed by atoms with E-state index in [4.69, 9.17) is 4.74 Å². The van der Waals surface area contributed by atoms with Crippen molar-refractivity contribution < 1.29 is 24.5 Å². The van der Waals surface area contributed by atoms with Crippen LogP contribution in [-0.2, 0) is 0 Å². The van der Waals surface area contributed by atoms with Crippen LogP contribution in [0.4, 0.5) is 4.79 Å². The van der Waals surface area contributed by atoms with Gasteiger partial charge in [0.25, 0.3) is 5.91 Å². The van der Waals surface area contributed by atoms with Crippen molar-refractivity contribution in [2.24, 2.45) is 5.92 Å². The molecule has 0 saturated carbocycles. The maximum Gasteiger partial charge on any atom is 0.317 e. The molecule has 2 rings (SSSR count). The highest BCUT2D eigenvalue weighted by Gasteiger charge is 2.34. The number of hydrogen-bond acceptors (Lipinski definition) is 6. The summed E-state index contributed by atoms with van der Waals surface area (Å²) in [7, 11) is 1.70. The Hall–Kier alpha value is -2.83. The van der Waals surface area contributed by atoms with Crippen LogP contribution in [0.15, 0.2) is 12.3 Å². The van der Waals surface area contributed by atoms with Crippen LogP contribution in [0.3, 0.4) is 0 Å². The van der Waals surface area contributed by atoms with Crippen molar-refractivity contribution >= 4 is 11.9 Å². The minimum atomic E-state index is -0.811. The minimum absolute atomic E-state index is 0.126. The van der Waals surface area contributed by atoms with Crippen molar-refractivity contribution in [1.82, 2.24) is 20.1 Å². The summed E-state index contributed by atoms with van der Waals surface area (Å²) < 4.78 is 6.15. The lowest BCUT2D eigenvalue weighted by Crippen LogP contribution is -2.51. The van der Waals surface area contributed by atoms with Crippen molar-refractivity contribution in [3.63, 3.8) is 0 Å². The van der Waals surface area contributed by atoms with Crippen LogP contribution >= 0.6 is 0 Å². The molecule has 32 heavy (non-hydrogen) atoms. The minimum Gasteiger partial charge on any atom is -0.472 e. The summed E-state index contributed by atoms with van der Waals surface area (Å²) in [6.07, 6.45) is 1.09. The van der Waals surface area contributed by atoms with E-state index in [1.807, 2.05) is 13.8 Å². The van der Waals surface area contributed by atoms with Gasteiger partial charge in [-0.2, -0.15) is 0 Å². The average molecular weight is 447 g/mol. The molecule has 9 heteroatoms. The molecule has 0 radical (unpaired) electrons. The van der Waals surface area contributed by atoms with Crippen molar-refractivity contribution in [3.05, 3.63) is 23.4 Å². The first kappa shape index (κ1) is 25.4. The molecular formula is C23H34N4O5. The summed E-state index contributed by atoms with van der Waals surface area (Å²) in [6.45, 7) is 8.30. The molecule has 0 aromatic carbocycles. The zero-order valence-corrected chi connectivity index (χ0v) is 19.5. The van der Waals surface area contributed by atoms with E-state index in [2.05, 4.69) is 22.1 Å². The number of rotatable bonds is 6. The molecule has 3 amide bonds. The highest BCUT2D eigenvalue weighted by molar-refractivity contribution is 5.97. The van der Waals surface area contributed by atoms with Gasteiger partial charge in [0.15, 0.2) is 0 Å². The second kappa shape index (κ2) is 11.7. The van der Waals surface area contributed by atoms with Crippen LogP contribution in [0.5, 0.6) is 5.88 Å². The van der Waals surface area contributed by atoms with Crippen LogP contribution in [0, 0.1) is 17.8 Å². The maximum atomic E-state index is 13.3. The third-order valence-electron chi connectivity index (χ3n) is 5.27. The number of aliphatic hydroxyl groups is 2. The first-order chi connectivity index (χ1) is 15.2. The van der Waals surface area contributed by atoms with Crippen LogP contribution < -0.4 is 10.1 Å². The van der Waals surface area contributed by atoms with Gasteiger partial charge in [0.2, 0.25) is 5.88 Å². The molecule has 0 unspecified atom stereocenters. The Morgan fingerprint density at radius 3 is 2.81 bits per heavy atom. The number of urea groups is 1. The summed E-state index contributed by atoms with van der Waals surface area (Å²) in [5.74, 6) is 5.15.